The molecule has 0 fully saturated rings. The Balaban J connectivity index is 2.21. The Kier molecular flexibility index (Phi) is 5.37. The van der Waals surface area contributed by atoms with Crippen molar-refractivity contribution in [2.24, 2.45) is 12.0 Å². The van der Waals surface area contributed by atoms with E-state index in [4.69, 9.17) is 23.1 Å². The average Bonchev–Trinajstić information content (AvgIpc) is 2.65. The van der Waals surface area contributed by atoms with E-state index >= 15 is 0 Å². The Morgan fingerprint density at radius 1 is 1.14 bits per heavy atom. The number of pyridine rings is 1. The van der Waals surface area contributed by atoms with Gasteiger partial charge in [0, 0.05) is 49.0 Å². The molecule has 1 heterocycles. The minimum atomic E-state index is -0.432. The highest BCUT2D eigenvalue weighted by Crippen LogP contribution is 2.37. The maximum Gasteiger partial charge on any atom is 0.261 e. The lowest BCUT2D eigenvalue weighted by Gasteiger charge is -2.17. The Hall–Kier alpha value is -3.32. The molecule has 0 aliphatic carbocycles. The van der Waals surface area contributed by atoms with Gasteiger partial charge in [-0.05, 0) is 36.4 Å². The van der Waals surface area contributed by atoms with E-state index in [-0.39, 0.29) is 21.8 Å². The number of aliphatic imine (C=N–C) groups is 1. The van der Waals surface area contributed by atoms with Crippen LogP contribution < -0.4 is 22.3 Å². The number of nitrogen functional groups attached to an aromatic ring is 2. The molecule has 0 bridgehead atoms. The van der Waals surface area contributed by atoms with Gasteiger partial charge in [0.2, 0.25) is 0 Å². The molecule has 5 N–H and O–H groups in total. The topological polar surface area (TPSA) is 98.4 Å². The fourth-order valence-corrected chi connectivity index (χ4v) is 3.08. The fraction of sp³-hybridized carbons (Fsp3) is 0.100. The van der Waals surface area contributed by atoms with Crippen LogP contribution in [0.15, 0.2) is 52.4 Å². The van der Waals surface area contributed by atoms with E-state index in [9.17, 15) is 9.18 Å². The summed E-state index contributed by atoms with van der Waals surface area (Å²) in [6, 6.07) is 9.29. The molecule has 0 spiro atoms. The lowest BCUT2D eigenvalue weighted by Crippen LogP contribution is -2.23. The third kappa shape index (κ3) is 3.70. The minimum Gasteiger partial charge on any atom is -0.399 e. The molecule has 2 aromatic carbocycles. The number of anilines is 4. The normalized spacial score (nSPS) is 11.1. The van der Waals surface area contributed by atoms with Crippen LogP contribution in [0.5, 0.6) is 0 Å². The molecule has 0 amide bonds. The Labute approximate surface area is 166 Å². The summed E-state index contributed by atoms with van der Waals surface area (Å²) in [4.78, 5) is 16.3. The number of benzene rings is 2. The van der Waals surface area contributed by atoms with Crippen LogP contribution >= 0.6 is 11.6 Å². The molecule has 0 unspecified atom stereocenters. The molecule has 3 aromatic rings. The number of hydrogen-bond acceptors (Lipinski definition) is 5. The van der Waals surface area contributed by atoms with Crippen LogP contribution in [0.2, 0.25) is 5.02 Å². The van der Waals surface area contributed by atoms with E-state index in [2.05, 4.69) is 10.3 Å². The average molecular weight is 400 g/mol. The summed E-state index contributed by atoms with van der Waals surface area (Å²) in [6.07, 6.45) is 3.06. The quantitative estimate of drug-likeness (QED) is 0.459. The monoisotopic (exact) mass is 399 g/mol. The molecular formula is C20H19ClFN5O. The number of rotatable bonds is 4. The third-order valence-electron chi connectivity index (χ3n) is 4.25. The van der Waals surface area contributed by atoms with E-state index in [1.165, 1.54) is 29.0 Å². The molecule has 0 radical (unpaired) electrons. The molecule has 0 saturated carbocycles. The van der Waals surface area contributed by atoms with Crippen LogP contribution in [-0.2, 0) is 7.05 Å². The molecule has 144 valence electrons. The molecular weight excluding hydrogens is 381 g/mol. The minimum absolute atomic E-state index is 0.231. The molecule has 0 atom stereocenters. The van der Waals surface area contributed by atoms with Crippen LogP contribution in [0.3, 0.4) is 0 Å². The van der Waals surface area contributed by atoms with E-state index in [0.29, 0.717) is 28.2 Å². The van der Waals surface area contributed by atoms with Crippen LogP contribution in [0, 0.1) is 5.82 Å². The number of aromatic nitrogens is 1. The van der Waals surface area contributed by atoms with Crippen LogP contribution in [-0.4, -0.2) is 17.8 Å². The number of hydrogen-bond donors (Lipinski definition) is 3. The fourth-order valence-electron chi connectivity index (χ4n) is 2.87. The van der Waals surface area contributed by atoms with E-state index in [0.717, 1.165) is 0 Å². The van der Waals surface area contributed by atoms with E-state index < -0.39 is 5.82 Å². The van der Waals surface area contributed by atoms with Crippen molar-refractivity contribution in [2.45, 2.75) is 0 Å². The van der Waals surface area contributed by atoms with Gasteiger partial charge in [-0.2, -0.15) is 0 Å². The van der Waals surface area contributed by atoms with Crippen molar-refractivity contribution < 1.29 is 4.39 Å². The molecule has 3 rings (SSSR count). The Morgan fingerprint density at radius 2 is 1.86 bits per heavy atom. The molecule has 8 heteroatoms. The second kappa shape index (κ2) is 7.74. The van der Waals surface area contributed by atoms with Gasteiger partial charge in [-0.3, -0.25) is 9.79 Å². The van der Waals surface area contributed by atoms with Gasteiger partial charge in [-0.1, -0.05) is 11.6 Å². The molecule has 0 aliphatic heterocycles. The predicted octanol–water partition coefficient (Wildman–Crippen LogP) is 3.80. The standard InChI is InChI=1S/C20H19ClFN5O/c1-25-9-14-19(24)15(10-27(2)20(14)28)13-8-12(23)4-6-17(13)26-18-5-3-11(22)7-16(18)21/h3-10,26H,23-24H2,1-2H3. The van der Waals surface area contributed by atoms with Crippen LogP contribution in [0.1, 0.15) is 5.56 Å². The van der Waals surface area contributed by atoms with Crippen LogP contribution in [0.25, 0.3) is 11.1 Å². The van der Waals surface area contributed by atoms with E-state index in [1.807, 2.05) is 0 Å². The highest BCUT2D eigenvalue weighted by molar-refractivity contribution is 6.33. The number of nitrogens with two attached hydrogens (primary N) is 2. The smallest absolute Gasteiger partial charge is 0.261 e. The van der Waals surface area contributed by atoms with Crippen molar-refractivity contribution in [1.82, 2.24) is 4.57 Å². The van der Waals surface area contributed by atoms with Gasteiger partial charge in [0.1, 0.15) is 5.82 Å². The molecule has 6 nitrogen and oxygen atoms in total. The number of nitrogens with one attached hydrogen (secondary N) is 1. The SMILES string of the molecule is CN=Cc1c(N)c(-c2cc(N)ccc2Nc2ccc(F)cc2Cl)cn(C)c1=O. The first-order valence-electron chi connectivity index (χ1n) is 8.35. The van der Waals surface area contributed by atoms with Gasteiger partial charge in [0.05, 0.1) is 22.0 Å². The first-order valence-corrected chi connectivity index (χ1v) is 8.73. The van der Waals surface area contributed by atoms with Gasteiger partial charge in [0.15, 0.2) is 0 Å². The molecule has 0 aliphatic rings. The maximum atomic E-state index is 13.3. The van der Waals surface area contributed by atoms with Crippen molar-refractivity contribution in [3.8, 4) is 11.1 Å². The summed E-state index contributed by atoms with van der Waals surface area (Å²) in [6.45, 7) is 0. The van der Waals surface area contributed by atoms with Gasteiger partial charge >= 0.3 is 0 Å². The first kappa shape index (κ1) is 19.4. The van der Waals surface area contributed by atoms with Gasteiger partial charge in [-0.25, -0.2) is 4.39 Å². The first-order chi connectivity index (χ1) is 13.3. The summed E-state index contributed by atoms with van der Waals surface area (Å²) < 4.78 is 14.8. The third-order valence-corrected chi connectivity index (χ3v) is 4.56. The Bertz CT molecular complexity index is 1140. The highest BCUT2D eigenvalue weighted by atomic mass is 35.5. The zero-order valence-corrected chi connectivity index (χ0v) is 16.1. The summed E-state index contributed by atoms with van der Waals surface area (Å²) in [5.74, 6) is -0.432. The largest absolute Gasteiger partial charge is 0.399 e. The Morgan fingerprint density at radius 3 is 2.54 bits per heavy atom. The van der Waals surface area contributed by atoms with Crippen molar-refractivity contribution in [2.75, 3.05) is 23.8 Å². The van der Waals surface area contributed by atoms with E-state index in [1.54, 1.807) is 38.5 Å². The zero-order valence-electron chi connectivity index (χ0n) is 15.3. The van der Waals surface area contributed by atoms with Gasteiger partial charge < -0.3 is 21.4 Å². The number of halogens is 2. The zero-order chi connectivity index (χ0) is 20.4. The van der Waals surface area contributed by atoms with Crippen molar-refractivity contribution in [1.29, 1.82) is 0 Å². The van der Waals surface area contributed by atoms with Crippen molar-refractivity contribution >= 4 is 40.6 Å². The predicted molar refractivity (Wildman–Crippen MR) is 114 cm³/mol. The molecule has 28 heavy (non-hydrogen) atoms. The highest BCUT2D eigenvalue weighted by Gasteiger charge is 2.16. The summed E-state index contributed by atoms with van der Waals surface area (Å²) >= 11 is 6.14. The van der Waals surface area contributed by atoms with Crippen molar-refractivity contribution in [3.05, 3.63) is 69.4 Å². The maximum absolute atomic E-state index is 13.3. The van der Waals surface area contributed by atoms with Crippen LogP contribution in [0.4, 0.5) is 27.1 Å². The second-order valence-corrected chi connectivity index (χ2v) is 6.63. The van der Waals surface area contributed by atoms with Gasteiger partial charge in [0.25, 0.3) is 5.56 Å². The lowest BCUT2D eigenvalue weighted by atomic mass is 10.00. The summed E-state index contributed by atoms with van der Waals surface area (Å²) in [5.41, 5.74) is 15.5. The molecule has 1 aromatic heterocycles. The summed E-state index contributed by atoms with van der Waals surface area (Å²) in [5, 5.41) is 3.41. The summed E-state index contributed by atoms with van der Waals surface area (Å²) in [7, 11) is 3.20. The second-order valence-electron chi connectivity index (χ2n) is 6.23. The van der Waals surface area contributed by atoms with Crippen molar-refractivity contribution in [3.63, 3.8) is 0 Å². The lowest BCUT2D eigenvalue weighted by molar-refractivity contribution is 0.628. The number of nitrogens with zero attached hydrogens (tertiary/aromatic N) is 2. The van der Waals surface area contributed by atoms with Gasteiger partial charge in [-0.15, -0.1) is 0 Å². The molecule has 0 saturated heterocycles. The number of aryl methyl sites for hydroxylation is 1.